The van der Waals surface area contributed by atoms with Crippen molar-refractivity contribution in [1.29, 1.82) is 0 Å². The van der Waals surface area contributed by atoms with Gasteiger partial charge in [0.25, 0.3) is 0 Å². The van der Waals surface area contributed by atoms with Gasteiger partial charge in [-0.1, -0.05) is 0 Å². The number of carbonyl (C=O) groups excluding carboxylic acids is 1. The summed E-state index contributed by atoms with van der Waals surface area (Å²) in [6, 6.07) is 0.301. The average Bonchev–Trinajstić information content (AvgIpc) is 2.91. The van der Waals surface area contributed by atoms with Crippen molar-refractivity contribution >= 4 is 11.7 Å². The predicted octanol–water partition coefficient (Wildman–Crippen LogP) is 1.19. The lowest BCUT2D eigenvalue weighted by Gasteiger charge is -2.29. The second-order valence-corrected chi connectivity index (χ2v) is 5.93. The summed E-state index contributed by atoms with van der Waals surface area (Å²) in [6.45, 7) is 4.07. The maximum absolute atomic E-state index is 11.6. The van der Waals surface area contributed by atoms with Crippen molar-refractivity contribution in [2.45, 2.75) is 38.8 Å². The lowest BCUT2D eigenvalue weighted by molar-refractivity contribution is -0.129. The summed E-state index contributed by atoms with van der Waals surface area (Å²) < 4.78 is 0. The van der Waals surface area contributed by atoms with E-state index in [0.29, 0.717) is 12.6 Å². The van der Waals surface area contributed by atoms with E-state index in [1.807, 2.05) is 11.9 Å². The number of likely N-dealkylation sites (tertiary alicyclic amines) is 1. The molecule has 1 aromatic heterocycles. The van der Waals surface area contributed by atoms with E-state index in [0.717, 1.165) is 43.3 Å². The predicted molar refractivity (Wildman–Crippen MR) is 81.0 cm³/mol. The molecule has 0 bridgehead atoms. The molecule has 6 nitrogen and oxygen atoms in total. The molecule has 0 saturated carbocycles. The minimum atomic E-state index is 0.116. The van der Waals surface area contributed by atoms with Gasteiger partial charge < -0.3 is 10.2 Å². The zero-order chi connectivity index (χ0) is 15.0. The molecule has 21 heavy (non-hydrogen) atoms. The third-order valence-corrected chi connectivity index (χ3v) is 4.58. The van der Waals surface area contributed by atoms with Crippen LogP contribution >= 0.6 is 0 Å². The Morgan fingerprint density at radius 1 is 1.33 bits per heavy atom. The smallest absolute Gasteiger partial charge is 0.219 e. The summed E-state index contributed by atoms with van der Waals surface area (Å²) in [4.78, 5) is 25.3. The molecule has 1 atom stereocenters. The van der Waals surface area contributed by atoms with Crippen molar-refractivity contribution in [3.63, 3.8) is 0 Å². The van der Waals surface area contributed by atoms with E-state index < -0.39 is 0 Å². The molecule has 3 heterocycles. The van der Waals surface area contributed by atoms with E-state index in [1.54, 1.807) is 6.92 Å². The molecule has 1 aromatic rings. The molecule has 0 unspecified atom stereocenters. The largest absolute Gasteiger partial charge is 0.373 e. The molecular weight excluding hydrogens is 266 g/mol. The van der Waals surface area contributed by atoms with E-state index in [-0.39, 0.29) is 5.91 Å². The van der Waals surface area contributed by atoms with Crippen molar-refractivity contribution in [2.75, 3.05) is 32.5 Å². The van der Waals surface area contributed by atoms with E-state index in [2.05, 4.69) is 17.3 Å². The summed E-state index contributed by atoms with van der Waals surface area (Å²) in [6.07, 6.45) is 3.12. The molecule has 1 amide bonds. The Morgan fingerprint density at radius 3 is 2.76 bits per heavy atom. The first kappa shape index (κ1) is 14.3. The topological polar surface area (TPSA) is 61.4 Å². The van der Waals surface area contributed by atoms with Gasteiger partial charge in [0.1, 0.15) is 11.6 Å². The van der Waals surface area contributed by atoms with Gasteiger partial charge in [0.05, 0.1) is 18.3 Å². The van der Waals surface area contributed by atoms with Crippen LogP contribution in [0.5, 0.6) is 0 Å². The molecule has 0 spiro atoms. The van der Waals surface area contributed by atoms with Crippen LogP contribution in [0.1, 0.15) is 42.9 Å². The minimum absolute atomic E-state index is 0.116. The Labute approximate surface area is 125 Å². The third-order valence-electron chi connectivity index (χ3n) is 4.58. The molecule has 2 aliphatic rings. The summed E-state index contributed by atoms with van der Waals surface area (Å²) >= 11 is 0. The van der Waals surface area contributed by atoms with Gasteiger partial charge in [-0.05, 0) is 32.9 Å². The van der Waals surface area contributed by atoms with Crippen LogP contribution in [0.15, 0.2) is 0 Å². The van der Waals surface area contributed by atoms with Gasteiger partial charge in [-0.15, -0.1) is 0 Å². The highest BCUT2D eigenvalue weighted by Crippen LogP contribution is 2.31. The SMILES string of the molecule is CNc1nc([C@@H]2CCCN2C)nc2c1CCN(C(C)=O)C2. The number of nitrogens with one attached hydrogen (secondary N) is 1. The number of anilines is 1. The summed E-state index contributed by atoms with van der Waals surface area (Å²) in [7, 11) is 4.03. The second kappa shape index (κ2) is 5.60. The number of fused-ring (bicyclic) bond motifs is 1. The van der Waals surface area contributed by atoms with E-state index >= 15 is 0 Å². The zero-order valence-corrected chi connectivity index (χ0v) is 13.0. The maximum Gasteiger partial charge on any atom is 0.219 e. The first-order valence-corrected chi connectivity index (χ1v) is 7.63. The quantitative estimate of drug-likeness (QED) is 0.886. The number of aromatic nitrogens is 2. The van der Waals surface area contributed by atoms with E-state index in [9.17, 15) is 4.79 Å². The van der Waals surface area contributed by atoms with E-state index in [4.69, 9.17) is 9.97 Å². The van der Waals surface area contributed by atoms with Crippen LogP contribution in [0.3, 0.4) is 0 Å². The Hall–Kier alpha value is -1.69. The van der Waals surface area contributed by atoms with Crippen molar-refractivity contribution < 1.29 is 4.79 Å². The van der Waals surface area contributed by atoms with Crippen LogP contribution < -0.4 is 5.32 Å². The Bertz CT molecular complexity index is 559. The number of amides is 1. The molecule has 1 fully saturated rings. The monoisotopic (exact) mass is 289 g/mol. The minimum Gasteiger partial charge on any atom is -0.373 e. The molecule has 1 N–H and O–H groups in total. The fourth-order valence-electron chi connectivity index (χ4n) is 3.31. The number of carbonyl (C=O) groups is 1. The second-order valence-electron chi connectivity index (χ2n) is 5.93. The highest BCUT2D eigenvalue weighted by atomic mass is 16.2. The molecule has 2 aliphatic heterocycles. The molecule has 1 saturated heterocycles. The molecule has 0 aliphatic carbocycles. The van der Waals surface area contributed by atoms with Crippen LogP contribution in [0, 0.1) is 0 Å². The number of rotatable bonds is 2. The first-order valence-electron chi connectivity index (χ1n) is 7.63. The van der Waals surface area contributed by atoms with Gasteiger partial charge in [0.15, 0.2) is 0 Å². The number of hydrogen-bond acceptors (Lipinski definition) is 5. The molecule has 0 aromatic carbocycles. The standard InChI is InChI=1S/C15H23N5O/c1-10(21)20-8-6-11-12(9-20)17-15(18-14(11)16-2)13-5-4-7-19(13)3/h13H,4-9H2,1-3H3,(H,16,17,18)/t13-/m0/s1. The van der Waals surface area contributed by atoms with Gasteiger partial charge in [-0.3, -0.25) is 9.69 Å². The molecule has 0 radical (unpaired) electrons. The van der Waals surface area contributed by atoms with Crippen LogP contribution in [0.4, 0.5) is 5.82 Å². The highest BCUT2D eigenvalue weighted by Gasteiger charge is 2.29. The Balaban J connectivity index is 1.97. The van der Waals surface area contributed by atoms with E-state index in [1.165, 1.54) is 12.0 Å². The van der Waals surface area contributed by atoms with Crippen molar-refractivity contribution in [2.24, 2.45) is 0 Å². The van der Waals surface area contributed by atoms with Gasteiger partial charge in [0.2, 0.25) is 5.91 Å². The molecule has 3 rings (SSSR count). The highest BCUT2D eigenvalue weighted by molar-refractivity contribution is 5.73. The normalized spacial score (nSPS) is 22.2. The van der Waals surface area contributed by atoms with Crippen LogP contribution in [-0.2, 0) is 17.8 Å². The van der Waals surface area contributed by atoms with Gasteiger partial charge >= 0.3 is 0 Å². The molecule has 6 heteroatoms. The summed E-state index contributed by atoms with van der Waals surface area (Å²) in [5.74, 6) is 1.94. The lowest BCUT2D eigenvalue weighted by atomic mass is 10.0. The van der Waals surface area contributed by atoms with Crippen LogP contribution in [0.2, 0.25) is 0 Å². The van der Waals surface area contributed by atoms with Crippen LogP contribution in [-0.4, -0.2) is 52.9 Å². The summed E-state index contributed by atoms with van der Waals surface area (Å²) in [5, 5.41) is 3.20. The fraction of sp³-hybridized carbons (Fsp3) is 0.667. The van der Waals surface area contributed by atoms with Crippen molar-refractivity contribution in [1.82, 2.24) is 19.8 Å². The van der Waals surface area contributed by atoms with Gasteiger partial charge in [0, 0.05) is 26.1 Å². The van der Waals surface area contributed by atoms with Crippen molar-refractivity contribution in [3.05, 3.63) is 17.1 Å². The summed E-state index contributed by atoms with van der Waals surface area (Å²) in [5.41, 5.74) is 2.17. The van der Waals surface area contributed by atoms with Crippen molar-refractivity contribution in [3.8, 4) is 0 Å². The zero-order valence-electron chi connectivity index (χ0n) is 13.0. The number of hydrogen-bond donors (Lipinski definition) is 1. The molecular formula is C15H23N5O. The Morgan fingerprint density at radius 2 is 2.14 bits per heavy atom. The van der Waals surface area contributed by atoms with Gasteiger partial charge in [-0.2, -0.15) is 0 Å². The average molecular weight is 289 g/mol. The third kappa shape index (κ3) is 2.60. The fourth-order valence-corrected chi connectivity index (χ4v) is 3.31. The number of nitrogens with zero attached hydrogens (tertiary/aromatic N) is 4. The lowest BCUT2D eigenvalue weighted by Crippen LogP contribution is -2.36. The Kier molecular flexibility index (Phi) is 3.80. The van der Waals surface area contributed by atoms with Gasteiger partial charge in [-0.25, -0.2) is 9.97 Å². The maximum atomic E-state index is 11.6. The molecule has 114 valence electrons. The van der Waals surface area contributed by atoms with Crippen LogP contribution in [0.25, 0.3) is 0 Å². The first-order chi connectivity index (χ1) is 10.1.